The highest BCUT2D eigenvalue weighted by atomic mass is 16.5. The minimum Gasteiger partial charge on any atom is -0.495 e. The normalized spacial score (nSPS) is 20.2. The highest BCUT2D eigenvalue weighted by Gasteiger charge is 2.21. The Kier molecular flexibility index (Phi) is 5.36. The number of rotatable bonds is 5. The number of nitrogens with one attached hydrogen (secondary N) is 1. The molecule has 1 unspecified atom stereocenters. The summed E-state index contributed by atoms with van der Waals surface area (Å²) in [6, 6.07) is 7.90. The molecule has 1 saturated carbocycles. The summed E-state index contributed by atoms with van der Waals surface area (Å²) in [5, 5.41) is 28.4. The van der Waals surface area contributed by atoms with Crippen LogP contribution in [0, 0.1) is 17.2 Å². The van der Waals surface area contributed by atoms with Gasteiger partial charge in [0.1, 0.15) is 11.8 Å². The van der Waals surface area contributed by atoms with Gasteiger partial charge < -0.3 is 15.2 Å². The van der Waals surface area contributed by atoms with Gasteiger partial charge in [0.2, 0.25) is 0 Å². The van der Waals surface area contributed by atoms with Crippen LogP contribution in [0.4, 0.5) is 5.69 Å². The van der Waals surface area contributed by atoms with Crippen LogP contribution in [0.3, 0.4) is 0 Å². The second kappa shape index (κ2) is 8.10. The maximum absolute atomic E-state index is 10.6. The van der Waals surface area contributed by atoms with Gasteiger partial charge in [0.25, 0.3) is 0 Å². The number of methoxy groups -OCH3 is 1. The monoisotopic (exact) mass is 391 g/mol. The molecule has 0 saturated heterocycles. The average Bonchev–Trinajstić information content (AvgIpc) is 3.16. The van der Waals surface area contributed by atoms with E-state index in [-0.39, 0.29) is 0 Å². The number of aliphatic hydroxyl groups is 1. The largest absolute Gasteiger partial charge is 0.495 e. The third-order valence-corrected chi connectivity index (χ3v) is 5.70. The Bertz CT molecular complexity index is 1050. The van der Waals surface area contributed by atoms with Crippen molar-refractivity contribution < 1.29 is 9.84 Å². The van der Waals surface area contributed by atoms with Gasteiger partial charge in [-0.3, -0.25) is 9.67 Å². The Balaban J connectivity index is 1.61. The van der Waals surface area contributed by atoms with Gasteiger partial charge in [-0.05, 0) is 43.7 Å². The summed E-state index contributed by atoms with van der Waals surface area (Å²) in [5.74, 6) is 1.39. The van der Waals surface area contributed by atoms with Crippen LogP contribution in [0.2, 0.25) is 0 Å². The molecule has 0 bridgehead atoms. The number of aromatic nitrogens is 3. The molecule has 1 fully saturated rings. The molecule has 4 rings (SSSR count). The fourth-order valence-corrected chi connectivity index (χ4v) is 3.95. The molecule has 0 aliphatic heterocycles. The molecule has 1 aliphatic carbocycles. The van der Waals surface area contributed by atoms with E-state index in [1.807, 2.05) is 18.2 Å². The van der Waals surface area contributed by atoms with Crippen LogP contribution in [-0.2, 0) is 0 Å². The first-order valence-electron chi connectivity index (χ1n) is 9.94. The highest BCUT2D eigenvalue weighted by molar-refractivity contribution is 5.85. The van der Waals surface area contributed by atoms with Crippen molar-refractivity contribution in [3.63, 3.8) is 0 Å². The Labute approximate surface area is 169 Å². The van der Waals surface area contributed by atoms with Crippen molar-refractivity contribution in [2.24, 2.45) is 5.92 Å². The molecule has 150 valence electrons. The minimum absolute atomic E-state index is 0.397. The number of aliphatic hydroxyl groups excluding tert-OH is 1. The zero-order valence-corrected chi connectivity index (χ0v) is 16.7. The molecular weight excluding hydrogens is 366 g/mol. The average molecular weight is 391 g/mol. The molecule has 0 amide bonds. The van der Waals surface area contributed by atoms with Crippen LogP contribution in [-0.4, -0.2) is 27.0 Å². The lowest BCUT2D eigenvalue weighted by Gasteiger charge is -2.26. The van der Waals surface area contributed by atoms with Crippen LogP contribution in [0.25, 0.3) is 10.9 Å². The summed E-state index contributed by atoms with van der Waals surface area (Å²) < 4.78 is 7.59. The van der Waals surface area contributed by atoms with E-state index in [0.29, 0.717) is 28.6 Å². The van der Waals surface area contributed by atoms with Crippen LogP contribution >= 0.6 is 0 Å². The number of ether oxygens (including phenoxy) is 1. The number of benzene rings is 1. The Hall–Kier alpha value is -3.11. The van der Waals surface area contributed by atoms with E-state index in [0.717, 1.165) is 29.7 Å². The van der Waals surface area contributed by atoms with Gasteiger partial charge in [-0.25, -0.2) is 0 Å². The van der Waals surface area contributed by atoms with Crippen molar-refractivity contribution >= 4 is 16.6 Å². The molecule has 2 heterocycles. The van der Waals surface area contributed by atoms with Crippen molar-refractivity contribution in [1.29, 1.82) is 5.26 Å². The van der Waals surface area contributed by atoms with Gasteiger partial charge in [-0.15, -0.1) is 0 Å². The number of hydrogen-bond acceptors (Lipinski definition) is 6. The van der Waals surface area contributed by atoms with Crippen molar-refractivity contribution in [1.82, 2.24) is 14.8 Å². The predicted molar refractivity (Wildman–Crippen MR) is 110 cm³/mol. The van der Waals surface area contributed by atoms with Gasteiger partial charge in [-0.2, -0.15) is 10.4 Å². The lowest BCUT2D eigenvalue weighted by atomic mass is 9.87. The first-order valence-corrected chi connectivity index (χ1v) is 9.94. The van der Waals surface area contributed by atoms with Crippen LogP contribution in [0.1, 0.15) is 56.0 Å². The zero-order chi connectivity index (χ0) is 20.4. The smallest absolute Gasteiger partial charge is 0.152 e. The number of hydrogen-bond donors (Lipinski definition) is 2. The molecule has 7 nitrogen and oxygen atoms in total. The van der Waals surface area contributed by atoms with E-state index in [1.54, 1.807) is 13.2 Å². The molecule has 1 aromatic carbocycles. The fourth-order valence-electron chi connectivity index (χ4n) is 3.95. The standard InChI is InChI=1S/C22H25N5O2/c1-14-3-5-18(6-4-14)27-13-17-8-20(21(29-2)9-19(17)26-27)25-22(28)16-7-15(10-23)11-24-12-16/h7-9,11-14,18,22,25,28H,3-6H2,1-2H3. The topological polar surface area (TPSA) is 96.0 Å². The molecule has 7 heteroatoms. The van der Waals surface area contributed by atoms with Crippen LogP contribution < -0.4 is 10.1 Å². The number of pyridine rings is 1. The summed E-state index contributed by atoms with van der Waals surface area (Å²) >= 11 is 0. The van der Waals surface area contributed by atoms with Crippen molar-refractivity contribution in [3.05, 3.63) is 47.9 Å². The summed E-state index contributed by atoms with van der Waals surface area (Å²) in [6.45, 7) is 2.31. The Morgan fingerprint density at radius 1 is 1.24 bits per heavy atom. The summed E-state index contributed by atoms with van der Waals surface area (Å²) in [6.07, 6.45) is 8.83. The molecule has 0 spiro atoms. The van der Waals surface area contributed by atoms with E-state index >= 15 is 0 Å². The number of anilines is 1. The molecule has 0 radical (unpaired) electrons. The Morgan fingerprint density at radius 3 is 2.76 bits per heavy atom. The third-order valence-electron chi connectivity index (χ3n) is 5.70. The van der Waals surface area contributed by atoms with E-state index in [2.05, 4.69) is 28.1 Å². The third kappa shape index (κ3) is 4.03. The molecule has 3 aromatic rings. The maximum Gasteiger partial charge on any atom is 0.152 e. The molecular formula is C22H25N5O2. The van der Waals surface area contributed by atoms with Gasteiger partial charge in [0.15, 0.2) is 6.23 Å². The van der Waals surface area contributed by atoms with E-state index in [1.165, 1.54) is 25.2 Å². The zero-order valence-electron chi connectivity index (χ0n) is 16.7. The maximum atomic E-state index is 10.6. The van der Waals surface area contributed by atoms with Gasteiger partial charge in [0.05, 0.1) is 29.9 Å². The number of nitriles is 1. The number of fused-ring (bicyclic) bond motifs is 1. The van der Waals surface area contributed by atoms with Gasteiger partial charge in [-0.1, -0.05) is 6.92 Å². The van der Waals surface area contributed by atoms with Crippen molar-refractivity contribution in [3.8, 4) is 11.8 Å². The summed E-state index contributed by atoms with van der Waals surface area (Å²) in [4.78, 5) is 4.00. The van der Waals surface area contributed by atoms with Crippen molar-refractivity contribution in [2.45, 2.75) is 44.9 Å². The summed E-state index contributed by atoms with van der Waals surface area (Å²) in [5.41, 5.74) is 2.44. The minimum atomic E-state index is -1.02. The second-order valence-electron chi connectivity index (χ2n) is 7.80. The highest BCUT2D eigenvalue weighted by Crippen LogP contribution is 2.35. The second-order valence-corrected chi connectivity index (χ2v) is 7.80. The lowest BCUT2D eigenvalue weighted by molar-refractivity contribution is 0.207. The lowest BCUT2D eigenvalue weighted by Crippen LogP contribution is -2.16. The first kappa shape index (κ1) is 19.2. The van der Waals surface area contributed by atoms with E-state index < -0.39 is 6.23 Å². The van der Waals surface area contributed by atoms with Crippen LogP contribution in [0.15, 0.2) is 36.8 Å². The predicted octanol–water partition coefficient (Wildman–Crippen LogP) is 4.17. The molecule has 2 aromatic heterocycles. The number of nitrogens with zero attached hydrogens (tertiary/aromatic N) is 4. The molecule has 29 heavy (non-hydrogen) atoms. The Morgan fingerprint density at radius 2 is 2.03 bits per heavy atom. The quantitative estimate of drug-likeness (QED) is 0.634. The summed E-state index contributed by atoms with van der Waals surface area (Å²) in [7, 11) is 1.59. The van der Waals surface area contributed by atoms with Crippen LogP contribution in [0.5, 0.6) is 5.75 Å². The SMILES string of the molecule is COc1cc2nn(C3CCC(C)CC3)cc2cc1NC(O)c1cncc(C#N)c1. The van der Waals surface area contributed by atoms with Gasteiger partial charge >= 0.3 is 0 Å². The van der Waals surface area contributed by atoms with Crippen molar-refractivity contribution in [2.75, 3.05) is 12.4 Å². The van der Waals surface area contributed by atoms with E-state index in [4.69, 9.17) is 15.1 Å². The first-order chi connectivity index (χ1) is 14.1. The molecule has 1 atom stereocenters. The fraction of sp³-hybridized carbons (Fsp3) is 0.409. The molecule has 2 N–H and O–H groups in total. The molecule has 1 aliphatic rings. The van der Waals surface area contributed by atoms with Gasteiger partial charge in [0, 0.05) is 35.6 Å². The van der Waals surface area contributed by atoms with E-state index in [9.17, 15) is 5.11 Å².